The molecule has 0 aliphatic heterocycles. The van der Waals surface area contributed by atoms with Crippen LogP contribution in [-0.2, 0) is 0 Å². The van der Waals surface area contributed by atoms with E-state index in [0.717, 1.165) is 21.8 Å². The fourth-order valence-electron chi connectivity index (χ4n) is 2.04. The van der Waals surface area contributed by atoms with Gasteiger partial charge in [-0.05, 0) is 31.0 Å². The summed E-state index contributed by atoms with van der Waals surface area (Å²) in [5.41, 5.74) is 1.47. The van der Waals surface area contributed by atoms with Gasteiger partial charge in [0.05, 0.1) is 0 Å². The van der Waals surface area contributed by atoms with Crippen LogP contribution in [-0.4, -0.2) is 28.6 Å². The number of aromatic nitrogens is 1. The second-order valence-corrected chi connectivity index (χ2v) is 5.33. The third-order valence-corrected chi connectivity index (χ3v) is 3.85. The summed E-state index contributed by atoms with van der Waals surface area (Å²) in [6, 6.07) is 7.64. The molecule has 19 heavy (non-hydrogen) atoms. The number of amides is 1. The highest BCUT2D eigenvalue weighted by atomic mass is 79.9. The van der Waals surface area contributed by atoms with Crippen LogP contribution in [0.1, 0.15) is 30.3 Å². The highest BCUT2D eigenvalue weighted by Crippen LogP contribution is 2.24. The Kier molecular flexibility index (Phi) is 4.61. The monoisotopic (exact) mass is 324 g/mol. The second kappa shape index (κ2) is 6.21. The van der Waals surface area contributed by atoms with Gasteiger partial charge in [0.25, 0.3) is 5.91 Å². The van der Waals surface area contributed by atoms with Crippen molar-refractivity contribution in [1.29, 1.82) is 0 Å². The topological polar surface area (TPSA) is 65.1 Å². The van der Waals surface area contributed by atoms with Crippen molar-refractivity contribution >= 4 is 32.7 Å². The summed E-state index contributed by atoms with van der Waals surface area (Å²) in [6.45, 7) is 2.07. The molecule has 0 saturated heterocycles. The van der Waals surface area contributed by atoms with Crippen LogP contribution < -0.4 is 5.32 Å². The first kappa shape index (κ1) is 14.1. The molecule has 0 spiro atoms. The lowest BCUT2D eigenvalue weighted by Crippen LogP contribution is -2.35. The van der Waals surface area contributed by atoms with Crippen molar-refractivity contribution in [2.75, 3.05) is 6.61 Å². The molecule has 1 atom stereocenters. The Morgan fingerprint density at radius 1 is 1.53 bits per heavy atom. The lowest BCUT2D eigenvalue weighted by Gasteiger charge is -2.14. The normalized spacial score (nSPS) is 12.6. The van der Waals surface area contributed by atoms with E-state index in [4.69, 9.17) is 5.11 Å². The number of fused-ring (bicyclic) bond motifs is 1. The molecule has 3 N–H and O–H groups in total. The third-order valence-electron chi connectivity index (χ3n) is 3.16. The largest absolute Gasteiger partial charge is 0.396 e. The maximum atomic E-state index is 12.1. The molecule has 1 unspecified atom stereocenters. The van der Waals surface area contributed by atoms with Crippen LogP contribution in [0.5, 0.6) is 0 Å². The SMILES string of the molecule is CCC(CCO)NC(=O)c1cc2c(Br)cccc2[nH]1. The number of halogens is 1. The molecule has 5 heteroatoms. The Bertz CT molecular complexity index is 580. The molecule has 102 valence electrons. The van der Waals surface area contributed by atoms with Crippen molar-refractivity contribution in [3.05, 3.63) is 34.4 Å². The lowest BCUT2D eigenvalue weighted by molar-refractivity contribution is 0.0925. The second-order valence-electron chi connectivity index (χ2n) is 4.47. The molecule has 1 aromatic carbocycles. The fraction of sp³-hybridized carbons (Fsp3) is 0.357. The van der Waals surface area contributed by atoms with Crippen LogP contribution in [0.2, 0.25) is 0 Å². The first-order valence-corrected chi connectivity index (χ1v) is 7.14. The number of carbonyl (C=O) groups excluding carboxylic acids is 1. The third kappa shape index (κ3) is 3.16. The smallest absolute Gasteiger partial charge is 0.267 e. The van der Waals surface area contributed by atoms with Gasteiger partial charge in [0.15, 0.2) is 0 Å². The first-order valence-electron chi connectivity index (χ1n) is 6.34. The van der Waals surface area contributed by atoms with Gasteiger partial charge in [0.1, 0.15) is 5.69 Å². The molecule has 0 saturated carbocycles. The van der Waals surface area contributed by atoms with E-state index in [-0.39, 0.29) is 18.6 Å². The van der Waals surface area contributed by atoms with Gasteiger partial charge in [0, 0.05) is 28.0 Å². The van der Waals surface area contributed by atoms with E-state index in [1.54, 1.807) is 0 Å². The predicted octanol–water partition coefficient (Wildman–Crippen LogP) is 2.82. The molecule has 2 rings (SSSR count). The number of rotatable bonds is 5. The minimum atomic E-state index is -0.136. The van der Waals surface area contributed by atoms with Crippen LogP contribution in [0, 0.1) is 0 Å². The molecule has 1 heterocycles. The van der Waals surface area contributed by atoms with E-state index in [9.17, 15) is 4.79 Å². The number of carbonyl (C=O) groups is 1. The lowest BCUT2D eigenvalue weighted by atomic mass is 10.1. The summed E-state index contributed by atoms with van der Waals surface area (Å²) in [5.74, 6) is -0.136. The quantitative estimate of drug-likeness (QED) is 0.791. The van der Waals surface area contributed by atoms with Gasteiger partial charge in [-0.2, -0.15) is 0 Å². The number of aliphatic hydroxyl groups is 1. The number of aliphatic hydroxyl groups excluding tert-OH is 1. The molecule has 0 radical (unpaired) electrons. The molecule has 2 aromatic rings. The van der Waals surface area contributed by atoms with Gasteiger partial charge in [0.2, 0.25) is 0 Å². The molecular formula is C14H17BrN2O2. The Morgan fingerprint density at radius 2 is 2.32 bits per heavy atom. The fourth-order valence-corrected chi connectivity index (χ4v) is 2.52. The van der Waals surface area contributed by atoms with Crippen molar-refractivity contribution in [2.45, 2.75) is 25.8 Å². The van der Waals surface area contributed by atoms with Crippen molar-refractivity contribution in [2.24, 2.45) is 0 Å². The standard InChI is InChI=1S/C14H17BrN2O2/c1-2-9(6-7-18)16-14(19)13-8-10-11(15)4-3-5-12(10)17-13/h3-5,8-9,17-18H,2,6-7H2,1H3,(H,16,19). The highest BCUT2D eigenvalue weighted by Gasteiger charge is 2.14. The Hall–Kier alpha value is -1.33. The van der Waals surface area contributed by atoms with Crippen LogP contribution in [0.25, 0.3) is 10.9 Å². The van der Waals surface area contributed by atoms with Gasteiger partial charge in [-0.15, -0.1) is 0 Å². The van der Waals surface area contributed by atoms with Gasteiger partial charge >= 0.3 is 0 Å². The summed E-state index contributed by atoms with van der Waals surface area (Å²) >= 11 is 3.46. The molecule has 1 aromatic heterocycles. The predicted molar refractivity (Wildman–Crippen MR) is 79.2 cm³/mol. The van der Waals surface area contributed by atoms with Crippen molar-refractivity contribution < 1.29 is 9.90 Å². The number of aromatic amines is 1. The van der Waals surface area contributed by atoms with Crippen LogP contribution in [0.3, 0.4) is 0 Å². The minimum Gasteiger partial charge on any atom is -0.396 e. The Labute approximate surface area is 120 Å². The van der Waals surface area contributed by atoms with Gasteiger partial charge in [-0.25, -0.2) is 0 Å². The summed E-state index contributed by atoms with van der Waals surface area (Å²) in [6.07, 6.45) is 1.38. The van der Waals surface area contributed by atoms with Gasteiger partial charge in [-0.1, -0.05) is 28.9 Å². The van der Waals surface area contributed by atoms with Crippen molar-refractivity contribution in [3.63, 3.8) is 0 Å². The van der Waals surface area contributed by atoms with Crippen molar-refractivity contribution in [1.82, 2.24) is 10.3 Å². The maximum Gasteiger partial charge on any atom is 0.267 e. The van der Waals surface area contributed by atoms with E-state index in [1.807, 2.05) is 31.2 Å². The summed E-state index contributed by atoms with van der Waals surface area (Å²) in [7, 11) is 0. The average Bonchev–Trinajstić information content (AvgIpc) is 2.83. The Morgan fingerprint density at radius 3 is 2.95 bits per heavy atom. The zero-order valence-corrected chi connectivity index (χ0v) is 12.3. The molecule has 4 nitrogen and oxygen atoms in total. The summed E-state index contributed by atoms with van der Waals surface area (Å²) < 4.78 is 0.961. The van der Waals surface area contributed by atoms with E-state index in [1.165, 1.54) is 0 Å². The number of nitrogens with one attached hydrogen (secondary N) is 2. The summed E-state index contributed by atoms with van der Waals surface area (Å²) in [4.78, 5) is 15.2. The van der Waals surface area contributed by atoms with E-state index in [0.29, 0.717) is 12.1 Å². The maximum absolute atomic E-state index is 12.1. The van der Waals surface area contributed by atoms with Gasteiger partial charge in [-0.3, -0.25) is 4.79 Å². The van der Waals surface area contributed by atoms with E-state index < -0.39 is 0 Å². The zero-order valence-electron chi connectivity index (χ0n) is 10.7. The molecular weight excluding hydrogens is 308 g/mol. The molecule has 0 bridgehead atoms. The Balaban J connectivity index is 2.19. The summed E-state index contributed by atoms with van der Waals surface area (Å²) in [5, 5.41) is 12.8. The average molecular weight is 325 g/mol. The zero-order chi connectivity index (χ0) is 13.8. The van der Waals surface area contributed by atoms with Crippen molar-refractivity contribution in [3.8, 4) is 0 Å². The highest BCUT2D eigenvalue weighted by molar-refractivity contribution is 9.10. The molecule has 0 fully saturated rings. The first-order chi connectivity index (χ1) is 9.15. The number of H-pyrrole nitrogens is 1. The van der Waals surface area contributed by atoms with Crippen LogP contribution >= 0.6 is 15.9 Å². The molecule has 0 aliphatic carbocycles. The van der Waals surface area contributed by atoms with Gasteiger partial charge < -0.3 is 15.4 Å². The van der Waals surface area contributed by atoms with Crippen LogP contribution in [0.15, 0.2) is 28.7 Å². The number of hydrogen-bond donors (Lipinski definition) is 3. The molecule has 0 aliphatic rings. The minimum absolute atomic E-state index is 0.00681. The molecule has 1 amide bonds. The van der Waals surface area contributed by atoms with E-state index >= 15 is 0 Å². The number of benzene rings is 1. The van der Waals surface area contributed by atoms with E-state index in [2.05, 4.69) is 26.2 Å². The van der Waals surface area contributed by atoms with Crippen LogP contribution in [0.4, 0.5) is 0 Å². The number of hydrogen-bond acceptors (Lipinski definition) is 2.